The Hall–Kier alpha value is -4.63. The summed E-state index contributed by atoms with van der Waals surface area (Å²) < 4.78 is 0. The zero-order valence-corrected chi connectivity index (χ0v) is 24.9. The van der Waals surface area contributed by atoms with E-state index in [2.05, 4.69) is 38.6 Å². The molecule has 0 fully saturated rings. The van der Waals surface area contributed by atoms with Gasteiger partial charge in [-0.2, -0.15) is 17.8 Å². The van der Waals surface area contributed by atoms with Gasteiger partial charge in [0.1, 0.15) is 12.6 Å². The third-order valence-corrected chi connectivity index (χ3v) is 6.77. The lowest BCUT2D eigenvalue weighted by Gasteiger charge is -2.30. The number of H-pyrrole nitrogens is 1. The molecular formula is C28H35N9O5S. The summed E-state index contributed by atoms with van der Waals surface area (Å²) in [5.74, 6) is -2.88. The molecule has 2 heterocycles. The number of aliphatic carboxylic acids is 1. The normalized spacial score (nSPS) is 15.7. The van der Waals surface area contributed by atoms with Gasteiger partial charge in [0.05, 0.1) is 17.4 Å². The van der Waals surface area contributed by atoms with Crippen LogP contribution in [0.15, 0.2) is 65.9 Å². The fraction of sp³-hybridized carbons (Fsp3) is 0.357. The van der Waals surface area contributed by atoms with Crippen LogP contribution in [-0.4, -0.2) is 97.6 Å². The first-order valence-electron chi connectivity index (χ1n) is 13.4. The number of likely N-dealkylation sites (N-methyl/N-ethyl adjacent to an activating group) is 1. The maximum Gasteiger partial charge on any atom is 0.326 e. The van der Waals surface area contributed by atoms with Gasteiger partial charge < -0.3 is 21.1 Å². The number of hydrogen-bond acceptors (Lipinski definition) is 10. The minimum Gasteiger partial charge on any atom is -0.480 e. The Balaban J connectivity index is 0.000000915. The van der Waals surface area contributed by atoms with Crippen LogP contribution in [0, 0.1) is 5.92 Å². The molecule has 14 nitrogen and oxygen atoms in total. The summed E-state index contributed by atoms with van der Waals surface area (Å²) >= 11 is 4.10. The Kier molecular flexibility index (Phi) is 11.9. The summed E-state index contributed by atoms with van der Waals surface area (Å²) in [4.78, 5) is 58.8. The Bertz CT molecular complexity index is 1400. The molecule has 15 heteroatoms. The van der Waals surface area contributed by atoms with Gasteiger partial charge in [-0.3, -0.25) is 19.3 Å². The molecule has 1 aliphatic rings. The summed E-state index contributed by atoms with van der Waals surface area (Å²) in [6.07, 6.45) is 0.240. The molecule has 5 N–H and O–H groups in total. The number of benzene rings is 2. The van der Waals surface area contributed by atoms with Gasteiger partial charge >= 0.3 is 5.97 Å². The monoisotopic (exact) mass is 609 g/mol. The molecule has 0 saturated carbocycles. The Morgan fingerprint density at radius 3 is 2.37 bits per heavy atom. The highest BCUT2D eigenvalue weighted by Crippen LogP contribution is 2.29. The highest BCUT2D eigenvalue weighted by molar-refractivity contribution is 7.80. The van der Waals surface area contributed by atoms with Crippen molar-refractivity contribution in [3.05, 3.63) is 72.1 Å². The average molecular weight is 610 g/mol. The molecule has 2 unspecified atom stereocenters. The van der Waals surface area contributed by atoms with E-state index in [-0.39, 0.29) is 18.1 Å². The molecule has 4 rings (SSSR count). The Labute approximate surface area is 254 Å². The van der Waals surface area contributed by atoms with E-state index >= 15 is 0 Å². The van der Waals surface area contributed by atoms with Crippen molar-refractivity contribution >= 4 is 47.7 Å². The summed E-state index contributed by atoms with van der Waals surface area (Å²) in [6, 6.07) is 14.1. The quantitative estimate of drug-likeness (QED) is 0.206. The van der Waals surface area contributed by atoms with Gasteiger partial charge in [0, 0.05) is 23.9 Å². The van der Waals surface area contributed by atoms with Crippen LogP contribution in [0.3, 0.4) is 0 Å². The van der Waals surface area contributed by atoms with Crippen molar-refractivity contribution < 1.29 is 24.3 Å². The number of rotatable bonds is 10. The molecule has 1 aliphatic heterocycles. The SMILES string of the molecule is CC(C)C[C@H](NC(=O)CN1C(=O)C(N(C)C(=O)C(N)CS)N=C(c2ccccc2)c2ccccc21)C(=O)O.c1nn[nH]n1. The fourth-order valence-electron chi connectivity index (χ4n) is 4.32. The number of para-hydroxylation sites is 1. The first kappa shape index (κ1) is 32.9. The van der Waals surface area contributed by atoms with Crippen molar-refractivity contribution in [3.8, 4) is 0 Å². The van der Waals surface area contributed by atoms with Gasteiger partial charge in [0.2, 0.25) is 18.0 Å². The number of aromatic nitrogens is 4. The molecular weight excluding hydrogens is 574 g/mol. The number of anilines is 1. The number of nitrogens with one attached hydrogen (secondary N) is 2. The van der Waals surface area contributed by atoms with Crippen molar-refractivity contribution in [1.82, 2.24) is 30.8 Å². The minimum atomic E-state index is -1.32. The molecule has 228 valence electrons. The molecule has 0 saturated heterocycles. The average Bonchev–Trinajstić information content (AvgIpc) is 3.56. The van der Waals surface area contributed by atoms with Gasteiger partial charge in [-0.15, -0.1) is 10.2 Å². The van der Waals surface area contributed by atoms with Crippen molar-refractivity contribution in [3.63, 3.8) is 0 Å². The number of carbonyl (C=O) groups excluding carboxylic acids is 3. The number of aromatic amines is 1. The molecule has 3 amide bonds. The molecule has 0 aliphatic carbocycles. The van der Waals surface area contributed by atoms with Crippen LogP contribution < -0.4 is 16.0 Å². The van der Waals surface area contributed by atoms with Crippen LogP contribution in [0.2, 0.25) is 0 Å². The zero-order valence-electron chi connectivity index (χ0n) is 24.0. The zero-order chi connectivity index (χ0) is 31.5. The number of benzodiazepines with no additional fused rings is 1. The van der Waals surface area contributed by atoms with E-state index in [1.807, 2.05) is 44.2 Å². The van der Waals surface area contributed by atoms with Gasteiger partial charge in [0.25, 0.3) is 5.91 Å². The number of nitrogens with two attached hydrogens (primary N) is 1. The van der Waals surface area contributed by atoms with Crippen LogP contribution in [-0.2, 0) is 19.2 Å². The predicted octanol–water partition coefficient (Wildman–Crippen LogP) is 0.727. The van der Waals surface area contributed by atoms with Gasteiger partial charge in [-0.25, -0.2) is 9.79 Å². The Morgan fingerprint density at radius 1 is 1.14 bits per heavy atom. The lowest BCUT2D eigenvalue weighted by molar-refractivity contribution is -0.142. The summed E-state index contributed by atoms with van der Waals surface area (Å²) in [5.41, 5.74) is 8.09. The van der Waals surface area contributed by atoms with E-state index in [4.69, 9.17) is 10.7 Å². The van der Waals surface area contributed by atoms with Crippen molar-refractivity contribution in [2.75, 3.05) is 24.2 Å². The van der Waals surface area contributed by atoms with Crippen molar-refractivity contribution in [2.24, 2.45) is 16.6 Å². The maximum absolute atomic E-state index is 13.9. The first-order chi connectivity index (χ1) is 20.5. The van der Waals surface area contributed by atoms with E-state index in [0.29, 0.717) is 22.5 Å². The van der Waals surface area contributed by atoms with Crippen LogP contribution in [0.25, 0.3) is 0 Å². The highest BCUT2D eigenvalue weighted by Gasteiger charge is 2.38. The number of thiol groups is 1. The number of aliphatic imine (C=N–C) groups is 1. The number of carbonyl (C=O) groups is 4. The van der Waals surface area contributed by atoms with Crippen LogP contribution in [0.4, 0.5) is 5.69 Å². The molecule has 2 aromatic carbocycles. The number of hydrogen-bond donors (Lipinski definition) is 5. The molecule has 43 heavy (non-hydrogen) atoms. The Morgan fingerprint density at radius 2 is 1.81 bits per heavy atom. The van der Waals surface area contributed by atoms with Crippen LogP contribution in [0.1, 0.15) is 31.4 Å². The molecule has 0 spiro atoms. The number of tetrazole rings is 1. The number of carboxylic acids is 1. The van der Waals surface area contributed by atoms with Gasteiger partial charge in [-0.1, -0.05) is 67.6 Å². The van der Waals surface area contributed by atoms with Crippen molar-refractivity contribution in [1.29, 1.82) is 0 Å². The highest BCUT2D eigenvalue weighted by atomic mass is 32.1. The van der Waals surface area contributed by atoms with Crippen LogP contribution in [0.5, 0.6) is 0 Å². The summed E-state index contributed by atoms with van der Waals surface area (Å²) in [7, 11) is 1.43. The number of carboxylic acid groups (broad SMARTS) is 1. The number of amides is 3. The molecule has 3 aromatic rings. The van der Waals surface area contributed by atoms with Crippen molar-refractivity contribution in [2.45, 2.75) is 38.5 Å². The number of nitrogens with zero attached hydrogens (tertiary/aromatic N) is 6. The first-order valence-corrected chi connectivity index (χ1v) is 14.0. The fourth-order valence-corrected chi connectivity index (χ4v) is 4.48. The maximum atomic E-state index is 13.9. The second-order valence-corrected chi connectivity index (χ2v) is 10.4. The minimum absolute atomic E-state index is 0.0267. The van der Waals surface area contributed by atoms with E-state index in [1.54, 1.807) is 24.3 Å². The summed E-state index contributed by atoms with van der Waals surface area (Å²) in [6.45, 7) is 3.24. The van der Waals surface area contributed by atoms with E-state index in [9.17, 15) is 24.3 Å². The summed E-state index contributed by atoms with van der Waals surface area (Å²) in [5, 5.41) is 24.3. The number of fused-ring (bicyclic) bond motifs is 1. The topological polar surface area (TPSA) is 200 Å². The second kappa shape index (κ2) is 15.6. The third-order valence-electron chi connectivity index (χ3n) is 6.38. The predicted molar refractivity (Wildman–Crippen MR) is 162 cm³/mol. The van der Waals surface area contributed by atoms with E-state index < -0.39 is 48.5 Å². The van der Waals surface area contributed by atoms with E-state index in [1.165, 1.54) is 18.3 Å². The molecule has 3 atom stereocenters. The smallest absolute Gasteiger partial charge is 0.326 e. The molecule has 0 radical (unpaired) electrons. The van der Waals surface area contributed by atoms with Crippen LogP contribution >= 0.6 is 12.6 Å². The standard InChI is InChI=1S/C27H33N5O5S.CH2N4/c1-16(2)13-20(27(36)37)29-22(33)14-32-21-12-8-7-11-18(21)23(17-9-5-4-6-10-17)30-24(26(32)35)31(3)25(34)19(28)15-38;1-2-4-5-3-1/h4-12,16,19-20,24,38H,13-15,28H2,1-3H3,(H,29,33)(H,36,37);1H,(H,2,3,4,5)/t19?,20-,24?;/m0./s1. The largest absolute Gasteiger partial charge is 0.480 e. The second-order valence-electron chi connectivity index (χ2n) is 10.0. The van der Waals surface area contributed by atoms with Gasteiger partial charge in [-0.05, 0) is 18.4 Å². The lowest BCUT2D eigenvalue weighted by Crippen LogP contribution is -2.55. The molecule has 1 aromatic heterocycles. The third kappa shape index (κ3) is 8.68. The molecule has 0 bridgehead atoms. The van der Waals surface area contributed by atoms with Gasteiger partial charge in [0.15, 0.2) is 6.33 Å². The lowest BCUT2D eigenvalue weighted by atomic mass is 10.00. The van der Waals surface area contributed by atoms with E-state index in [0.717, 1.165) is 4.90 Å².